The van der Waals surface area contributed by atoms with Gasteiger partial charge in [-0.25, -0.2) is 4.39 Å². The molecule has 2 N–H and O–H groups in total. The van der Waals surface area contributed by atoms with E-state index in [9.17, 15) is 4.39 Å². The number of nitrogens with two attached hydrogens (primary N) is 1. The zero-order chi connectivity index (χ0) is 14.8. The molecule has 0 amide bonds. The molecule has 0 saturated heterocycles. The predicted molar refractivity (Wildman–Crippen MR) is 83.4 cm³/mol. The molecule has 4 aliphatic carbocycles. The average Bonchev–Trinajstić information content (AvgIpc) is 2.35. The normalized spacial score (nSPS) is 38.8. The Morgan fingerprint density at radius 3 is 2.05 bits per heavy atom. The quantitative estimate of drug-likeness (QED) is 0.841. The Bertz CT molecular complexity index is 519. The highest BCUT2D eigenvalue weighted by molar-refractivity contribution is 5.36. The second-order valence-electron chi connectivity index (χ2n) is 8.23. The lowest BCUT2D eigenvalue weighted by Crippen LogP contribution is -2.51. The molecule has 0 radical (unpaired) electrons. The van der Waals surface area contributed by atoms with Crippen molar-refractivity contribution in [3.63, 3.8) is 0 Å². The molecule has 21 heavy (non-hydrogen) atoms. The lowest BCUT2D eigenvalue weighted by molar-refractivity contribution is -0.0683. The van der Waals surface area contributed by atoms with Gasteiger partial charge >= 0.3 is 0 Å². The fourth-order valence-electron chi connectivity index (χ4n) is 6.19. The van der Waals surface area contributed by atoms with Gasteiger partial charge in [0.2, 0.25) is 0 Å². The second kappa shape index (κ2) is 4.55. The summed E-state index contributed by atoms with van der Waals surface area (Å²) in [4.78, 5) is 0. The van der Waals surface area contributed by atoms with Crippen molar-refractivity contribution in [2.75, 3.05) is 0 Å². The van der Waals surface area contributed by atoms with Crippen LogP contribution in [-0.2, 0) is 0 Å². The number of halogens is 1. The third-order valence-corrected chi connectivity index (χ3v) is 6.54. The van der Waals surface area contributed by atoms with Crippen LogP contribution in [0.4, 0.5) is 4.39 Å². The van der Waals surface area contributed by atoms with E-state index in [4.69, 9.17) is 5.73 Å². The maximum atomic E-state index is 14.6. The van der Waals surface area contributed by atoms with Crippen LogP contribution in [0, 0.1) is 42.8 Å². The summed E-state index contributed by atoms with van der Waals surface area (Å²) in [6.07, 6.45) is 7.90. The van der Waals surface area contributed by atoms with Crippen LogP contribution in [0.5, 0.6) is 0 Å². The van der Waals surface area contributed by atoms with Gasteiger partial charge in [-0.05, 0) is 92.7 Å². The van der Waals surface area contributed by atoms with Crippen molar-refractivity contribution in [1.29, 1.82) is 0 Å². The van der Waals surface area contributed by atoms with Gasteiger partial charge in [-0.3, -0.25) is 0 Å². The van der Waals surface area contributed by atoms with Crippen LogP contribution >= 0.6 is 0 Å². The van der Waals surface area contributed by atoms with Crippen LogP contribution in [0.3, 0.4) is 0 Å². The van der Waals surface area contributed by atoms with Crippen molar-refractivity contribution in [3.05, 3.63) is 34.6 Å². The van der Waals surface area contributed by atoms with Crippen LogP contribution in [0.1, 0.15) is 61.3 Å². The first-order chi connectivity index (χ1) is 9.97. The van der Waals surface area contributed by atoms with Crippen LogP contribution in [0.15, 0.2) is 12.1 Å². The lowest BCUT2D eigenvalue weighted by Gasteiger charge is -2.59. The molecular formula is C19H26FN. The van der Waals surface area contributed by atoms with Crippen LogP contribution < -0.4 is 5.73 Å². The minimum atomic E-state index is -0.119. The zero-order valence-corrected chi connectivity index (χ0v) is 13.2. The summed E-state index contributed by atoms with van der Waals surface area (Å²) >= 11 is 0. The number of aryl methyl sites for hydroxylation is 2. The van der Waals surface area contributed by atoms with E-state index in [-0.39, 0.29) is 17.3 Å². The van der Waals surface area contributed by atoms with Gasteiger partial charge in [-0.1, -0.05) is 6.07 Å². The van der Waals surface area contributed by atoms with Crippen molar-refractivity contribution < 1.29 is 4.39 Å². The molecule has 114 valence electrons. The van der Waals surface area contributed by atoms with Gasteiger partial charge in [0.15, 0.2) is 0 Å². The SMILES string of the molecule is Cc1cc(C)c(C(N)C23CC4CC(CC(C4)C2)C3)c(F)c1. The molecule has 2 heteroatoms. The van der Waals surface area contributed by atoms with E-state index in [1.807, 2.05) is 13.8 Å². The van der Waals surface area contributed by atoms with Crippen molar-refractivity contribution in [1.82, 2.24) is 0 Å². The first-order valence-corrected chi connectivity index (χ1v) is 8.49. The Hall–Kier alpha value is -0.890. The molecule has 4 bridgehead atoms. The Morgan fingerprint density at radius 2 is 1.57 bits per heavy atom. The standard InChI is InChI=1S/C19H26FN/c1-11-3-12(2)17(16(20)4-11)18(21)19-8-13-5-14(9-19)7-15(6-13)10-19/h3-4,13-15,18H,5-10,21H2,1-2H3. The Morgan fingerprint density at radius 1 is 1.05 bits per heavy atom. The molecule has 1 aromatic carbocycles. The number of benzene rings is 1. The molecule has 5 rings (SSSR count). The Balaban J connectivity index is 1.73. The van der Waals surface area contributed by atoms with Gasteiger partial charge in [-0.15, -0.1) is 0 Å². The van der Waals surface area contributed by atoms with E-state index in [0.29, 0.717) is 0 Å². The summed E-state index contributed by atoms with van der Waals surface area (Å²) in [5, 5.41) is 0. The van der Waals surface area contributed by atoms with Gasteiger partial charge in [-0.2, -0.15) is 0 Å². The van der Waals surface area contributed by atoms with E-state index in [0.717, 1.165) is 34.4 Å². The second-order valence-corrected chi connectivity index (χ2v) is 8.23. The average molecular weight is 287 g/mol. The molecule has 4 saturated carbocycles. The first kappa shape index (κ1) is 13.8. The van der Waals surface area contributed by atoms with E-state index in [1.165, 1.54) is 38.5 Å². The molecule has 1 aromatic rings. The molecule has 1 nitrogen and oxygen atoms in total. The maximum Gasteiger partial charge on any atom is 0.128 e. The summed E-state index contributed by atoms with van der Waals surface area (Å²) in [6.45, 7) is 3.97. The summed E-state index contributed by atoms with van der Waals surface area (Å²) < 4.78 is 14.6. The highest BCUT2D eigenvalue weighted by Crippen LogP contribution is 2.63. The largest absolute Gasteiger partial charge is 0.323 e. The molecule has 0 spiro atoms. The molecule has 0 aliphatic heterocycles. The fourth-order valence-corrected chi connectivity index (χ4v) is 6.19. The third-order valence-electron chi connectivity index (χ3n) is 6.54. The molecule has 0 aromatic heterocycles. The van der Waals surface area contributed by atoms with Crippen LogP contribution in [0.2, 0.25) is 0 Å². The molecule has 4 aliphatic rings. The van der Waals surface area contributed by atoms with Gasteiger partial charge in [0.1, 0.15) is 5.82 Å². The summed E-state index contributed by atoms with van der Waals surface area (Å²) in [5.74, 6) is 2.49. The first-order valence-electron chi connectivity index (χ1n) is 8.49. The molecule has 4 fully saturated rings. The highest BCUT2D eigenvalue weighted by Gasteiger charge is 2.54. The van der Waals surface area contributed by atoms with Gasteiger partial charge in [0, 0.05) is 11.6 Å². The molecule has 1 unspecified atom stereocenters. The van der Waals surface area contributed by atoms with Crippen LogP contribution in [-0.4, -0.2) is 0 Å². The monoisotopic (exact) mass is 287 g/mol. The summed E-state index contributed by atoms with van der Waals surface area (Å²) in [7, 11) is 0. The minimum Gasteiger partial charge on any atom is -0.323 e. The van der Waals surface area contributed by atoms with Crippen molar-refractivity contribution in [2.45, 2.75) is 58.4 Å². The van der Waals surface area contributed by atoms with E-state index in [2.05, 4.69) is 6.07 Å². The van der Waals surface area contributed by atoms with Crippen molar-refractivity contribution in [3.8, 4) is 0 Å². The van der Waals surface area contributed by atoms with Gasteiger partial charge in [0.25, 0.3) is 0 Å². The fraction of sp³-hybridized carbons (Fsp3) is 0.684. The van der Waals surface area contributed by atoms with Crippen molar-refractivity contribution >= 4 is 0 Å². The van der Waals surface area contributed by atoms with E-state index >= 15 is 0 Å². The molecule has 0 heterocycles. The lowest BCUT2D eigenvalue weighted by atomic mass is 9.47. The summed E-state index contributed by atoms with van der Waals surface area (Å²) in [6, 6.07) is 3.62. The zero-order valence-electron chi connectivity index (χ0n) is 13.2. The smallest absolute Gasteiger partial charge is 0.128 e. The maximum absolute atomic E-state index is 14.6. The van der Waals surface area contributed by atoms with E-state index < -0.39 is 0 Å². The van der Waals surface area contributed by atoms with E-state index in [1.54, 1.807) is 6.07 Å². The van der Waals surface area contributed by atoms with Gasteiger partial charge in [0.05, 0.1) is 0 Å². The van der Waals surface area contributed by atoms with Crippen LogP contribution in [0.25, 0.3) is 0 Å². The minimum absolute atomic E-state index is 0.0873. The Kier molecular flexibility index (Phi) is 2.98. The number of rotatable bonds is 2. The highest BCUT2D eigenvalue weighted by atomic mass is 19.1. The Labute approximate surface area is 127 Å². The van der Waals surface area contributed by atoms with Gasteiger partial charge < -0.3 is 5.73 Å². The summed E-state index contributed by atoms with van der Waals surface area (Å²) in [5.41, 5.74) is 9.71. The van der Waals surface area contributed by atoms with Crippen molar-refractivity contribution in [2.24, 2.45) is 28.9 Å². The number of hydrogen-bond acceptors (Lipinski definition) is 1. The topological polar surface area (TPSA) is 26.0 Å². The predicted octanol–water partition coefficient (Wildman–Crippen LogP) is 4.66. The third kappa shape index (κ3) is 2.06. The number of hydrogen-bond donors (Lipinski definition) is 1. The molecular weight excluding hydrogens is 261 g/mol. The molecule has 1 atom stereocenters.